The Morgan fingerprint density at radius 2 is 1.80 bits per heavy atom. The summed E-state index contributed by atoms with van der Waals surface area (Å²) < 4.78 is 11.2. The molecule has 0 saturated carbocycles. The van der Waals surface area contributed by atoms with E-state index >= 15 is 0 Å². The van der Waals surface area contributed by atoms with Crippen LogP contribution < -0.4 is 0 Å². The highest BCUT2D eigenvalue weighted by Crippen LogP contribution is 2.39. The van der Waals surface area contributed by atoms with Crippen LogP contribution in [0.1, 0.15) is 31.9 Å². The molecule has 0 bridgehead atoms. The van der Waals surface area contributed by atoms with Gasteiger partial charge in [0.05, 0.1) is 0 Å². The molecule has 3 heteroatoms. The van der Waals surface area contributed by atoms with Gasteiger partial charge >= 0.3 is 0 Å². The van der Waals surface area contributed by atoms with Gasteiger partial charge in [-0.2, -0.15) is 0 Å². The van der Waals surface area contributed by atoms with Crippen LogP contribution in [0.5, 0.6) is 0 Å². The van der Waals surface area contributed by atoms with Crippen molar-refractivity contribution in [2.75, 3.05) is 13.7 Å². The maximum absolute atomic E-state index is 6.32. The zero-order valence-corrected chi connectivity index (χ0v) is 17.2. The molecule has 0 aliphatic rings. The first-order chi connectivity index (χ1) is 11.7. The van der Waals surface area contributed by atoms with E-state index in [1.807, 2.05) is 24.3 Å². The van der Waals surface area contributed by atoms with Gasteiger partial charge in [-0.3, -0.25) is 0 Å². The van der Waals surface area contributed by atoms with E-state index in [2.05, 4.69) is 64.1 Å². The second kappa shape index (κ2) is 9.32. The number of ether oxygens (including phenoxy) is 1. The van der Waals surface area contributed by atoms with Crippen molar-refractivity contribution in [1.82, 2.24) is 0 Å². The number of rotatable bonds is 4. The Bertz CT molecular complexity index is 744. The van der Waals surface area contributed by atoms with Gasteiger partial charge in [0.2, 0.25) is 8.32 Å². The fourth-order valence-electron chi connectivity index (χ4n) is 1.73. The molecule has 132 valence electrons. The Balaban J connectivity index is 2.95. The third kappa shape index (κ3) is 6.67. The van der Waals surface area contributed by atoms with Crippen molar-refractivity contribution in [3.05, 3.63) is 54.1 Å². The van der Waals surface area contributed by atoms with Crippen molar-refractivity contribution < 1.29 is 9.16 Å². The molecule has 0 atom stereocenters. The molecule has 0 saturated heterocycles. The van der Waals surface area contributed by atoms with Crippen LogP contribution in [0.2, 0.25) is 18.1 Å². The summed E-state index contributed by atoms with van der Waals surface area (Å²) in [5.41, 5.74) is 1.85. The molecule has 0 heterocycles. The molecule has 0 amide bonds. The number of allylic oxidation sites excluding steroid dienone is 2. The quantitative estimate of drug-likeness (QED) is 0.419. The van der Waals surface area contributed by atoms with Crippen LogP contribution in [0.25, 0.3) is 5.76 Å². The van der Waals surface area contributed by atoms with Gasteiger partial charge in [0.25, 0.3) is 0 Å². The smallest absolute Gasteiger partial charge is 0.250 e. The van der Waals surface area contributed by atoms with Crippen LogP contribution in [0.3, 0.4) is 0 Å². The average Bonchev–Trinajstić information content (AvgIpc) is 2.53. The minimum absolute atomic E-state index is 0.125. The van der Waals surface area contributed by atoms with E-state index in [-0.39, 0.29) is 5.04 Å². The maximum atomic E-state index is 6.32. The van der Waals surface area contributed by atoms with Crippen LogP contribution >= 0.6 is 0 Å². The second-order valence-electron chi connectivity index (χ2n) is 7.19. The van der Waals surface area contributed by atoms with Crippen molar-refractivity contribution in [3.63, 3.8) is 0 Å². The van der Waals surface area contributed by atoms with E-state index in [1.165, 1.54) is 0 Å². The topological polar surface area (TPSA) is 18.5 Å². The fraction of sp³-hybridized carbons (Fsp3) is 0.364. The lowest BCUT2D eigenvalue weighted by Crippen LogP contribution is -2.40. The highest BCUT2D eigenvalue weighted by Gasteiger charge is 2.39. The molecular formula is C22H28O2Si. The summed E-state index contributed by atoms with van der Waals surface area (Å²) in [7, 11) is -0.303. The lowest BCUT2D eigenvalue weighted by molar-refractivity contribution is 0.240. The van der Waals surface area contributed by atoms with Crippen LogP contribution in [0.4, 0.5) is 0 Å². The highest BCUT2D eigenvalue weighted by molar-refractivity contribution is 6.74. The maximum Gasteiger partial charge on any atom is 0.250 e. The molecular weight excluding hydrogens is 324 g/mol. The van der Waals surface area contributed by atoms with E-state index in [0.717, 1.165) is 11.1 Å². The van der Waals surface area contributed by atoms with Gasteiger partial charge in [0, 0.05) is 18.2 Å². The van der Waals surface area contributed by atoms with Gasteiger partial charge in [0.1, 0.15) is 12.4 Å². The summed E-state index contributed by atoms with van der Waals surface area (Å²) in [4.78, 5) is 0. The molecule has 0 radical (unpaired) electrons. The lowest BCUT2D eigenvalue weighted by atomic mass is 10.1. The average molecular weight is 353 g/mol. The second-order valence-corrected chi connectivity index (χ2v) is 11.9. The zero-order valence-electron chi connectivity index (χ0n) is 16.2. The molecule has 0 unspecified atom stereocenters. The minimum Gasteiger partial charge on any atom is -0.543 e. The van der Waals surface area contributed by atoms with Crippen molar-refractivity contribution in [3.8, 4) is 23.7 Å². The summed E-state index contributed by atoms with van der Waals surface area (Å²) in [6.45, 7) is 15.7. The molecule has 0 aliphatic carbocycles. The Morgan fingerprint density at radius 3 is 2.44 bits per heavy atom. The van der Waals surface area contributed by atoms with E-state index in [1.54, 1.807) is 19.3 Å². The first-order valence-electron chi connectivity index (χ1n) is 8.30. The van der Waals surface area contributed by atoms with Gasteiger partial charge in [-0.25, -0.2) is 0 Å². The molecule has 1 aromatic rings. The van der Waals surface area contributed by atoms with Gasteiger partial charge in [0.15, 0.2) is 0 Å². The van der Waals surface area contributed by atoms with Gasteiger partial charge < -0.3 is 9.16 Å². The van der Waals surface area contributed by atoms with Crippen LogP contribution in [-0.2, 0) is 9.16 Å². The Morgan fingerprint density at radius 1 is 1.16 bits per heavy atom. The van der Waals surface area contributed by atoms with E-state index < -0.39 is 8.32 Å². The molecule has 1 aromatic carbocycles. The SMILES string of the molecule is C=C(O[Si](C)(C)C(C)(C)C)c1ccccc1C#C/C=C\C#CCOC. The van der Waals surface area contributed by atoms with Gasteiger partial charge in [-0.15, -0.1) is 0 Å². The molecule has 0 fully saturated rings. The highest BCUT2D eigenvalue weighted by atomic mass is 28.4. The summed E-state index contributed by atoms with van der Waals surface area (Å²) in [5, 5.41) is 0.125. The first kappa shape index (κ1) is 20.8. The predicted molar refractivity (Wildman–Crippen MR) is 109 cm³/mol. The summed E-state index contributed by atoms with van der Waals surface area (Å²) >= 11 is 0. The van der Waals surface area contributed by atoms with Crippen molar-refractivity contribution in [1.29, 1.82) is 0 Å². The van der Waals surface area contributed by atoms with Crippen LogP contribution in [0, 0.1) is 23.7 Å². The molecule has 0 aromatic heterocycles. The molecule has 2 nitrogen and oxygen atoms in total. The molecule has 0 N–H and O–H groups in total. The van der Waals surface area contributed by atoms with Gasteiger partial charge in [-0.1, -0.05) is 69.2 Å². The van der Waals surface area contributed by atoms with Gasteiger partial charge in [-0.05, 0) is 36.4 Å². The summed E-state index contributed by atoms with van der Waals surface area (Å²) in [5.74, 6) is 12.6. The molecule has 0 aliphatic heterocycles. The minimum atomic E-state index is -1.92. The number of benzene rings is 1. The van der Waals surface area contributed by atoms with E-state index in [0.29, 0.717) is 12.4 Å². The Labute approximate surface area is 154 Å². The number of hydrogen-bond donors (Lipinski definition) is 0. The van der Waals surface area contributed by atoms with E-state index in [9.17, 15) is 0 Å². The Hall–Kier alpha value is -2.20. The Kier molecular flexibility index (Phi) is 7.77. The number of hydrogen-bond acceptors (Lipinski definition) is 2. The van der Waals surface area contributed by atoms with Crippen LogP contribution in [-0.4, -0.2) is 22.0 Å². The summed E-state index contributed by atoms with van der Waals surface area (Å²) in [6, 6.07) is 7.93. The summed E-state index contributed by atoms with van der Waals surface area (Å²) in [6.07, 6.45) is 3.45. The third-order valence-corrected chi connectivity index (χ3v) is 8.56. The standard InChI is InChI=1S/C22H28O2Si/c1-19(24-25(6,7)22(2,3)4)21-17-13-12-16-20(21)15-11-9-8-10-14-18-23-5/h8-9,12-13,16-17H,1,18H2,2-7H3/b9-8-. The fourth-order valence-corrected chi connectivity index (χ4v) is 2.76. The zero-order chi connectivity index (χ0) is 18.9. The predicted octanol–water partition coefficient (Wildman–Crippen LogP) is 5.24. The van der Waals surface area contributed by atoms with Crippen molar-refractivity contribution in [2.45, 2.75) is 38.9 Å². The third-order valence-electron chi connectivity index (χ3n) is 4.19. The van der Waals surface area contributed by atoms with Crippen LogP contribution in [0.15, 0.2) is 43.0 Å². The molecule has 1 rings (SSSR count). The molecule has 25 heavy (non-hydrogen) atoms. The monoisotopic (exact) mass is 352 g/mol. The lowest BCUT2D eigenvalue weighted by Gasteiger charge is -2.37. The molecule has 0 spiro atoms. The first-order valence-corrected chi connectivity index (χ1v) is 11.2. The normalized spacial score (nSPS) is 11.3. The largest absolute Gasteiger partial charge is 0.543 e. The van der Waals surface area contributed by atoms with Crippen molar-refractivity contribution in [2.24, 2.45) is 0 Å². The number of methoxy groups -OCH3 is 1. The van der Waals surface area contributed by atoms with E-state index in [4.69, 9.17) is 9.16 Å². The van der Waals surface area contributed by atoms with Crippen molar-refractivity contribution >= 4 is 14.1 Å².